The van der Waals surface area contributed by atoms with E-state index in [1.807, 2.05) is 0 Å². The van der Waals surface area contributed by atoms with Gasteiger partial charge in [0.1, 0.15) is 10.6 Å². The second-order valence-electron chi connectivity index (χ2n) is 5.15. The molecule has 2 atom stereocenters. The normalized spacial score (nSPS) is 26.1. The van der Waals surface area contributed by atoms with E-state index >= 15 is 0 Å². The average Bonchev–Trinajstić information content (AvgIpc) is 2.99. The summed E-state index contributed by atoms with van der Waals surface area (Å²) < 4.78 is 32.1. The van der Waals surface area contributed by atoms with Crippen molar-refractivity contribution in [1.82, 2.24) is 9.62 Å². The minimum atomic E-state index is -3.44. The molecule has 7 heteroatoms. The molecule has 1 aromatic rings. The molecule has 2 aliphatic rings. The molecule has 1 N–H and O–H groups in total. The standard InChI is InChI=1S/C13H18N2O3S.ClH/c1-18-12-4-2-3-5-13(12)19(16,17)15-8-10-6-14-7-11(10)9-15;/h2-5,10-11,14H,6-9H2,1H3;1H/t10-,11+;. The number of sulfonamides is 1. The first-order valence-corrected chi connectivity index (χ1v) is 7.91. The summed E-state index contributed by atoms with van der Waals surface area (Å²) >= 11 is 0. The van der Waals surface area contributed by atoms with Crippen LogP contribution in [0.3, 0.4) is 0 Å². The van der Waals surface area contributed by atoms with Gasteiger partial charge in [0, 0.05) is 13.1 Å². The van der Waals surface area contributed by atoms with Crippen LogP contribution in [0.4, 0.5) is 0 Å². The van der Waals surface area contributed by atoms with Crippen molar-refractivity contribution in [3.8, 4) is 5.75 Å². The van der Waals surface area contributed by atoms with Gasteiger partial charge in [-0.15, -0.1) is 12.4 Å². The molecule has 3 rings (SSSR count). The number of benzene rings is 1. The molecule has 1 aromatic carbocycles. The van der Waals surface area contributed by atoms with Crippen LogP contribution in [0, 0.1) is 11.8 Å². The Morgan fingerprint density at radius 3 is 2.40 bits per heavy atom. The number of nitrogens with zero attached hydrogens (tertiary/aromatic N) is 1. The lowest BCUT2D eigenvalue weighted by molar-refractivity contribution is 0.396. The van der Waals surface area contributed by atoms with Crippen molar-refractivity contribution in [3.05, 3.63) is 24.3 Å². The van der Waals surface area contributed by atoms with Crippen LogP contribution >= 0.6 is 12.4 Å². The topological polar surface area (TPSA) is 58.6 Å². The van der Waals surface area contributed by atoms with Gasteiger partial charge in [-0.2, -0.15) is 4.31 Å². The van der Waals surface area contributed by atoms with E-state index in [1.54, 1.807) is 28.6 Å². The predicted molar refractivity (Wildman–Crippen MR) is 78.9 cm³/mol. The van der Waals surface area contributed by atoms with Crippen molar-refractivity contribution in [3.63, 3.8) is 0 Å². The van der Waals surface area contributed by atoms with Gasteiger partial charge in [-0.3, -0.25) is 0 Å². The summed E-state index contributed by atoms with van der Waals surface area (Å²) in [6.45, 7) is 3.06. The third kappa shape index (κ3) is 2.53. The molecule has 0 amide bonds. The van der Waals surface area contributed by atoms with E-state index in [-0.39, 0.29) is 17.3 Å². The van der Waals surface area contributed by atoms with E-state index in [1.165, 1.54) is 7.11 Å². The molecule has 2 heterocycles. The van der Waals surface area contributed by atoms with Gasteiger partial charge in [-0.05, 0) is 37.1 Å². The largest absolute Gasteiger partial charge is 0.495 e. The van der Waals surface area contributed by atoms with Crippen molar-refractivity contribution in [2.24, 2.45) is 11.8 Å². The Kier molecular flexibility index (Phi) is 4.59. The average molecular weight is 319 g/mol. The van der Waals surface area contributed by atoms with E-state index < -0.39 is 10.0 Å². The molecule has 0 unspecified atom stereocenters. The van der Waals surface area contributed by atoms with Crippen LogP contribution in [0.2, 0.25) is 0 Å². The Labute approximate surface area is 125 Å². The van der Waals surface area contributed by atoms with Gasteiger partial charge >= 0.3 is 0 Å². The number of methoxy groups -OCH3 is 1. The summed E-state index contributed by atoms with van der Waals surface area (Å²) in [4.78, 5) is 0.269. The van der Waals surface area contributed by atoms with Gasteiger partial charge in [0.2, 0.25) is 10.0 Å². The summed E-state index contributed by atoms with van der Waals surface area (Å²) in [5.74, 6) is 1.31. The van der Waals surface area contributed by atoms with Crippen LogP contribution in [0.15, 0.2) is 29.2 Å². The molecule has 5 nitrogen and oxygen atoms in total. The first-order chi connectivity index (χ1) is 9.13. The summed E-state index contributed by atoms with van der Waals surface area (Å²) in [5.41, 5.74) is 0. The molecule has 0 bridgehead atoms. The summed E-state index contributed by atoms with van der Waals surface area (Å²) in [6, 6.07) is 6.81. The fourth-order valence-electron chi connectivity index (χ4n) is 2.98. The number of nitrogens with one attached hydrogen (secondary N) is 1. The van der Waals surface area contributed by atoms with Crippen molar-refractivity contribution in [2.45, 2.75) is 4.90 Å². The maximum absolute atomic E-state index is 12.7. The van der Waals surface area contributed by atoms with Gasteiger partial charge < -0.3 is 10.1 Å². The van der Waals surface area contributed by atoms with E-state index in [4.69, 9.17) is 4.74 Å². The van der Waals surface area contributed by atoms with Crippen molar-refractivity contribution < 1.29 is 13.2 Å². The number of hydrogen-bond acceptors (Lipinski definition) is 4. The predicted octanol–water partition coefficient (Wildman–Crippen LogP) is 0.957. The number of fused-ring (bicyclic) bond motifs is 1. The second kappa shape index (κ2) is 5.89. The van der Waals surface area contributed by atoms with Crippen molar-refractivity contribution in [2.75, 3.05) is 33.3 Å². The van der Waals surface area contributed by atoms with Crippen LogP contribution in [0.5, 0.6) is 5.75 Å². The molecular formula is C13H19ClN2O3S. The van der Waals surface area contributed by atoms with Crippen LogP contribution in [-0.2, 0) is 10.0 Å². The highest BCUT2D eigenvalue weighted by Gasteiger charge is 2.42. The smallest absolute Gasteiger partial charge is 0.246 e. The zero-order valence-corrected chi connectivity index (χ0v) is 12.9. The molecule has 0 aromatic heterocycles. The first-order valence-electron chi connectivity index (χ1n) is 6.47. The minimum Gasteiger partial charge on any atom is -0.495 e. The van der Waals surface area contributed by atoms with E-state index in [0.717, 1.165) is 13.1 Å². The number of hydrogen-bond donors (Lipinski definition) is 1. The quantitative estimate of drug-likeness (QED) is 0.902. The highest BCUT2D eigenvalue weighted by Crippen LogP contribution is 2.33. The maximum Gasteiger partial charge on any atom is 0.246 e. The SMILES string of the molecule is COc1ccccc1S(=O)(=O)N1C[C@H]2CNC[C@H]2C1.Cl. The fraction of sp³-hybridized carbons (Fsp3) is 0.538. The van der Waals surface area contributed by atoms with Gasteiger partial charge in [-0.1, -0.05) is 12.1 Å². The van der Waals surface area contributed by atoms with Crippen molar-refractivity contribution in [1.29, 1.82) is 0 Å². The van der Waals surface area contributed by atoms with Crippen molar-refractivity contribution >= 4 is 22.4 Å². The Bertz CT molecular complexity index is 567. The molecule has 0 radical (unpaired) electrons. The first kappa shape index (κ1) is 15.6. The van der Waals surface area contributed by atoms with Crippen LogP contribution in [0.25, 0.3) is 0 Å². The lowest BCUT2D eigenvalue weighted by Crippen LogP contribution is -2.32. The molecule has 2 saturated heterocycles. The molecule has 0 spiro atoms. The number of halogens is 1. The Balaban J connectivity index is 0.00000147. The zero-order chi connectivity index (χ0) is 13.5. The summed E-state index contributed by atoms with van der Waals surface area (Å²) in [5, 5.41) is 3.31. The van der Waals surface area contributed by atoms with Gasteiger partial charge in [-0.25, -0.2) is 8.42 Å². The Hall–Kier alpha value is -0.820. The summed E-state index contributed by atoms with van der Waals surface area (Å²) in [6.07, 6.45) is 0. The number of ether oxygens (including phenoxy) is 1. The molecule has 2 fully saturated rings. The molecule has 20 heavy (non-hydrogen) atoms. The van der Waals surface area contributed by atoms with Gasteiger partial charge in [0.15, 0.2) is 0 Å². The highest BCUT2D eigenvalue weighted by molar-refractivity contribution is 7.89. The Morgan fingerprint density at radius 1 is 1.20 bits per heavy atom. The van der Waals surface area contributed by atoms with Gasteiger partial charge in [0.25, 0.3) is 0 Å². The molecule has 0 saturated carbocycles. The summed E-state index contributed by atoms with van der Waals surface area (Å²) in [7, 11) is -1.95. The zero-order valence-electron chi connectivity index (χ0n) is 11.3. The second-order valence-corrected chi connectivity index (χ2v) is 7.06. The number of para-hydroxylation sites is 1. The van der Waals surface area contributed by atoms with Gasteiger partial charge in [0.05, 0.1) is 7.11 Å². The van der Waals surface area contributed by atoms with E-state index in [9.17, 15) is 8.42 Å². The van der Waals surface area contributed by atoms with Crippen LogP contribution in [0.1, 0.15) is 0 Å². The van der Waals surface area contributed by atoms with Crippen LogP contribution in [-0.4, -0.2) is 46.0 Å². The molecule has 2 aliphatic heterocycles. The molecular weight excluding hydrogens is 300 g/mol. The maximum atomic E-state index is 12.7. The highest BCUT2D eigenvalue weighted by atomic mass is 35.5. The lowest BCUT2D eigenvalue weighted by atomic mass is 10.0. The van der Waals surface area contributed by atoms with E-state index in [2.05, 4.69) is 5.32 Å². The fourth-order valence-corrected chi connectivity index (χ4v) is 4.69. The van der Waals surface area contributed by atoms with E-state index in [0.29, 0.717) is 30.7 Å². The third-order valence-electron chi connectivity index (χ3n) is 4.04. The molecule has 112 valence electrons. The Morgan fingerprint density at radius 2 is 1.80 bits per heavy atom. The molecule has 0 aliphatic carbocycles. The van der Waals surface area contributed by atoms with Crippen LogP contribution < -0.4 is 10.1 Å². The minimum absolute atomic E-state index is 0. The number of rotatable bonds is 3. The lowest BCUT2D eigenvalue weighted by Gasteiger charge is -2.19. The third-order valence-corrected chi connectivity index (χ3v) is 5.91. The monoisotopic (exact) mass is 318 g/mol.